The summed E-state index contributed by atoms with van der Waals surface area (Å²) in [7, 11) is 0. The molecule has 1 aliphatic rings. The zero-order valence-corrected chi connectivity index (χ0v) is 9.88. The second-order valence-electron chi connectivity index (χ2n) is 4.45. The summed E-state index contributed by atoms with van der Waals surface area (Å²) in [5, 5.41) is 3.53. The Kier molecular flexibility index (Phi) is 5.49. The van der Waals surface area contributed by atoms with Gasteiger partial charge < -0.3 is 10.1 Å². The lowest BCUT2D eigenvalue weighted by Crippen LogP contribution is -2.32. The fourth-order valence-corrected chi connectivity index (χ4v) is 1.68. The normalized spacial score (nSPS) is 20.8. The van der Waals surface area contributed by atoms with E-state index in [-0.39, 0.29) is 0 Å². The molecule has 0 saturated heterocycles. The van der Waals surface area contributed by atoms with Crippen LogP contribution in [0.1, 0.15) is 52.9 Å². The lowest BCUT2D eigenvalue weighted by atomic mass is 10.2. The first-order chi connectivity index (χ1) is 6.76. The molecule has 0 heterocycles. The van der Waals surface area contributed by atoms with Gasteiger partial charge in [0.1, 0.15) is 0 Å². The van der Waals surface area contributed by atoms with Crippen LogP contribution in [0.15, 0.2) is 0 Å². The van der Waals surface area contributed by atoms with Crippen molar-refractivity contribution in [2.45, 2.75) is 71.1 Å². The topological polar surface area (TPSA) is 21.3 Å². The van der Waals surface area contributed by atoms with Crippen molar-refractivity contribution >= 4 is 0 Å². The maximum atomic E-state index is 5.96. The minimum atomic E-state index is 0.414. The van der Waals surface area contributed by atoms with Gasteiger partial charge in [-0.2, -0.15) is 0 Å². The van der Waals surface area contributed by atoms with E-state index in [1.807, 2.05) is 0 Å². The number of hydrogen-bond acceptors (Lipinski definition) is 2. The van der Waals surface area contributed by atoms with Crippen LogP contribution in [0.5, 0.6) is 0 Å². The third-order valence-corrected chi connectivity index (χ3v) is 2.79. The molecule has 0 aliphatic heterocycles. The fourth-order valence-electron chi connectivity index (χ4n) is 1.68. The van der Waals surface area contributed by atoms with Crippen molar-refractivity contribution in [1.82, 2.24) is 5.32 Å². The van der Waals surface area contributed by atoms with E-state index in [2.05, 4.69) is 26.1 Å². The minimum Gasteiger partial charge on any atom is -0.374 e. The van der Waals surface area contributed by atoms with E-state index in [0.717, 1.165) is 19.0 Å². The molecule has 0 bridgehead atoms. The molecule has 1 N–H and O–H groups in total. The molecule has 0 amide bonds. The van der Waals surface area contributed by atoms with Crippen molar-refractivity contribution in [3.63, 3.8) is 0 Å². The first kappa shape index (κ1) is 12.0. The van der Waals surface area contributed by atoms with Crippen molar-refractivity contribution < 1.29 is 4.74 Å². The highest BCUT2D eigenvalue weighted by atomic mass is 16.5. The molecule has 0 aromatic heterocycles. The van der Waals surface area contributed by atoms with E-state index in [0.29, 0.717) is 12.2 Å². The maximum absolute atomic E-state index is 5.96. The summed E-state index contributed by atoms with van der Waals surface area (Å²) in [4.78, 5) is 0. The predicted molar refractivity (Wildman–Crippen MR) is 60.6 cm³/mol. The summed E-state index contributed by atoms with van der Waals surface area (Å²) >= 11 is 0. The van der Waals surface area contributed by atoms with Crippen molar-refractivity contribution in [2.75, 3.05) is 6.54 Å². The van der Waals surface area contributed by atoms with E-state index >= 15 is 0 Å². The van der Waals surface area contributed by atoms with Gasteiger partial charge in [0.25, 0.3) is 0 Å². The molecule has 1 aliphatic carbocycles. The average molecular weight is 199 g/mol. The Morgan fingerprint density at radius 2 is 2.07 bits per heavy atom. The Balaban J connectivity index is 2.08. The molecule has 0 spiro atoms. The van der Waals surface area contributed by atoms with E-state index in [1.165, 1.54) is 25.7 Å². The van der Waals surface area contributed by atoms with Crippen LogP contribution in [0.25, 0.3) is 0 Å². The van der Waals surface area contributed by atoms with Gasteiger partial charge in [0.2, 0.25) is 0 Å². The van der Waals surface area contributed by atoms with Crippen molar-refractivity contribution in [3.05, 3.63) is 0 Å². The Bertz CT molecular complexity index is 145. The van der Waals surface area contributed by atoms with Gasteiger partial charge in [0.15, 0.2) is 0 Å². The van der Waals surface area contributed by atoms with Crippen molar-refractivity contribution in [3.8, 4) is 0 Å². The van der Waals surface area contributed by atoms with Gasteiger partial charge in [0, 0.05) is 12.6 Å². The van der Waals surface area contributed by atoms with Gasteiger partial charge in [-0.25, -0.2) is 0 Å². The molecule has 2 atom stereocenters. The Morgan fingerprint density at radius 1 is 1.36 bits per heavy atom. The third kappa shape index (κ3) is 4.97. The van der Waals surface area contributed by atoms with Crippen molar-refractivity contribution in [1.29, 1.82) is 0 Å². The number of hydrogen-bond donors (Lipinski definition) is 1. The Morgan fingerprint density at radius 3 is 2.57 bits per heavy atom. The lowest BCUT2D eigenvalue weighted by Gasteiger charge is -2.21. The van der Waals surface area contributed by atoms with Gasteiger partial charge in [-0.05, 0) is 32.6 Å². The lowest BCUT2D eigenvalue weighted by molar-refractivity contribution is -0.00748. The number of nitrogens with one attached hydrogen (secondary N) is 1. The quantitative estimate of drug-likeness (QED) is 0.649. The summed E-state index contributed by atoms with van der Waals surface area (Å²) in [6.07, 6.45) is 7.08. The van der Waals surface area contributed by atoms with Crippen LogP contribution < -0.4 is 5.32 Å². The molecule has 2 nitrogen and oxygen atoms in total. The number of ether oxygens (including phenoxy) is 1. The van der Waals surface area contributed by atoms with Crippen LogP contribution in [0.3, 0.4) is 0 Å². The second kappa shape index (κ2) is 6.41. The van der Waals surface area contributed by atoms with E-state index < -0.39 is 0 Å². The molecule has 1 fully saturated rings. The van der Waals surface area contributed by atoms with Crippen LogP contribution in [0, 0.1) is 0 Å². The first-order valence-corrected chi connectivity index (χ1v) is 6.15. The van der Waals surface area contributed by atoms with Gasteiger partial charge >= 0.3 is 0 Å². The largest absolute Gasteiger partial charge is 0.374 e. The highest BCUT2D eigenvalue weighted by Crippen LogP contribution is 2.19. The molecule has 0 radical (unpaired) electrons. The molecule has 2 heteroatoms. The van der Waals surface area contributed by atoms with Crippen LogP contribution in [0.4, 0.5) is 0 Å². The molecule has 1 saturated carbocycles. The second-order valence-corrected chi connectivity index (χ2v) is 4.45. The average Bonchev–Trinajstić information content (AvgIpc) is 2.96. The van der Waals surface area contributed by atoms with E-state index in [4.69, 9.17) is 4.74 Å². The van der Waals surface area contributed by atoms with Crippen LogP contribution in [-0.4, -0.2) is 24.8 Å². The summed E-state index contributed by atoms with van der Waals surface area (Å²) in [5.41, 5.74) is 0. The van der Waals surface area contributed by atoms with Crippen LogP contribution in [-0.2, 0) is 4.74 Å². The highest BCUT2D eigenvalue weighted by molar-refractivity contribution is 4.82. The highest BCUT2D eigenvalue weighted by Gasteiger charge is 2.22. The summed E-state index contributed by atoms with van der Waals surface area (Å²) in [6, 6.07) is 0.800. The van der Waals surface area contributed by atoms with Crippen LogP contribution in [0.2, 0.25) is 0 Å². The Hall–Kier alpha value is -0.0800. The molecule has 14 heavy (non-hydrogen) atoms. The van der Waals surface area contributed by atoms with Gasteiger partial charge in [-0.15, -0.1) is 0 Å². The smallest absolute Gasteiger partial charge is 0.0700 e. The fraction of sp³-hybridized carbons (Fsp3) is 1.00. The van der Waals surface area contributed by atoms with E-state index in [1.54, 1.807) is 0 Å². The summed E-state index contributed by atoms with van der Waals surface area (Å²) in [5.74, 6) is 0. The predicted octanol–water partition coefficient (Wildman–Crippen LogP) is 2.72. The zero-order valence-electron chi connectivity index (χ0n) is 9.88. The molecule has 0 aromatic rings. The summed E-state index contributed by atoms with van der Waals surface area (Å²) < 4.78 is 5.96. The summed E-state index contributed by atoms with van der Waals surface area (Å²) in [6.45, 7) is 7.64. The minimum absolute atomic E-state index is 0.414. The molecule has 84 valence electrons. The SMILES string of the molecule is CCCC(C)OC(CC)CNC1CC1. The third-order valence-electron chi connectivity index (χ3n) is 2.79. The molecular formula is C12H25NO. The standard InChI is InChI=1S/C12H25NO/c1-4-6-10(3)14-12(5-2)9-13-11-7-8-11/h10-13H,4-9H2,1-3H3. The molecular weight excluding hydrogens is 174 g/mol. The molecule has 0 aromatic carbocycles. The monoisotopic (exact) mass is 199 g/mol. The van der Waals surface area contributed by atoms with E-state index in [9.17, 15) is 0 Å². The van der Waals surface area contributed by atoms with Gasteiger partial charge in [-0.3, -0.25) is 0 Å². The number of rotatable bonds is 8. The Labute approximate surface area is 88.4 Å². The molecule has 2 unspecified atom stereocenters. The van der Waals surface area contributed by atoms with Gasteiger partial charge in [0.05, 0.1) is 12.2 Å². The van der Waals surface area contributed by atoms with Crippen molar-refractivity contribution in [2.24, 2.45) is 0 Å². The maximum Gasteiger partial charge on any atom is 0.0700 e. The first-order valence-electron chi connectivity index (χ1n) is 6.15. The van der Waals surface area contributed by atoms with Crippen LogP contribution >= 0.6 is 0 Å². The zero-order chi connectivity index (χ0) is 10.4. The van der Waals surface area contributed by atoms with Gasteiger partial charge in [-0.1, -0.05) is 20.3 Å². The molecule has 1 rings (SSSR count).